The maximum atomic E-state index is 11.5. The predicted molar refractivity (Wildman–Crippen MR) is 46.4 cm³/mol. The van der Waals surface area contributed by atoms with Crippen LogP contribution >= 0.6 is 0 Å². The van der Waals surface area contributed by atoms with Gasteiger partial charge in [0.05, 0.1) is 0 Å². The summed E-state index contributed by atoms with van der Waals surface area (Å²) in [5.74, 6) is 0. The van der Waals surface area contributed by atoms with Crippen LogP contribution in [0, 0.1) is 0 Å². The van der Waals surface area contributed by atoms with Crippen LogP contribution in [0.25, 0.3) is 6.08 Å². The van der Waals surface area contributed by atoms with E-state index in [2.05, 4.69) is 6.08 Å². The Morgan fingerprint density at radius 1 is 1.27 bits per heavy atom. The van der Waals surface area contributed by atoms with Crippen molar-refractivity contribution in [3.63, 3.8) is 0 Å². The molecule has 0 unspecified atom stereocenters. The summed E-state index contributed by atoms with van der Waals surface area (Å²) < 4.78 is 13.4. The summed E-state index contributed by atoms with van der Waals surface area (Å²) in [6.07, 6.45) is 4.08. The molecule has 0 bridgehead atoms. The molecule has 0 N–H and O–H groups in total. The molecular formula is C9H8OTe. The molecule has 56 valence electrons. The van der Waals surface area contributed by atoms with Gasteiger partial charge in [0, 0.05) is 0 Å². The van der Waals surface area contributed by atoms with E-state index in [1.165, 1.54) is 0 Å². The number of allylic oxidation sites excluding steroid dienone is 1. The van der Waals surface area contributed by atoms with Crippen molar-refractivity contribution in [1.29, 1.82) is 0 Å². The molecule has 0 saturated heterocycles. The minimum atomic E-state index is -2.12. The molecule has 2 rings (SSSR count). The zero-order chi connectivity index (χ0) is 7.68. The molecule has 0 aliphatic carbocycles. The normalized spacial score (nSPS) is 16.4. The average Bonchev–Trinajstić information content (AvgIpc) is 2.06. The van der Waals surface area contributed by atoms with Crippen molar-refractivity contribution in [3.8, 4) is 0 Å². The number of rotatable bonds is 0. The molecule has 0 spiro atoms. The third-order valence-corrected chi connectivity index (χ3v) is 5.58. The summed E-state index contributed by atoms with van der Waals surface area (Å²) in [6, 6.07) is 7.96. The second-order valence-electron chi connectivity index (χ2n) is 2.45. The summed E-state index contributed by atoms with van der Waals surface area (Å²) in [5, 5.41) is 0. The molecule has 0 radical (unpaired) electrons. The van der Waals surface area contributed by atoms with E-state index in [0.29, 0.717) is 0 Å². The van der Waals surface area contributed by atoms with Gasteiger partial charge in [0.1, 0.15) is 0 Å². The van der Waals surface area contributed by atoms with Crippen LogP contribution in [0.3, 0.4) is 0 Å². The van der Waals surface area contributed by atoms with Crippen LogP contribution in [0.2, 0.25) is 4.47 Å². The SMILES string of the molecule is O=[Te]1CC=Cc2ccccc21. The van der Waals surface area contributed by atoms with Gasteiger partial charge in [-0.25, -0.2) is 0 Å². The first kappa shape index (κ1) is 7.21. The van der Waals surface area contributed by atoms with E-state index in [9.17, 15) is 3.10 Å². The molecule has 0 fully saturated rings. The van der Waals surface area contributed by atoms with Gasteiger partial charge in [0.2, 0.25) is 0 Å². The summed E-state index contributed by atoms with van der Waals surface area (Å²) >= 11 is -2.12. The Kier molecular flexibility index (Phi) is 1.89. The van der Waals surface area contributed by atoms with Crippen LogP contribution in [0.4, 0.5) is 0 Å². The quantitative estimate of drug-likeness (QED) is 0.643. The molecule has 0 saturated carbocycles. The molecule has 1 aliphatic rings. The fraction of sp³-hybridized carbons (Fsp3) is 0.111. The monoisotopic (exact) mass is 262 g/mol. The third-order valence-electron chi connectivity index (χ3n) is 1.71. The fourth-order valence-corrected chi connectivity index (χ4v) is 4.26. The van der Waals surface area contributed by atoms with Crippen LogP contribution in [-0.2, 0) is 3.10 Å². The molecule has 1 aromatic rings. The molecule has 0 amide bonds. The zero-order valence-corrected chi connectivity index (χ0v) is 8.32. The van der Waals surface area contributed by atoms with Crippen LogP contribution < -0.4 is 3.61 Å². The standard InChI is InChI=1S/C9H8OTe/c10-11-7-3-5-8-4-1-2-6-9(8)11/h1-6H,7H2. The van der Waals surface area contributed by atoms with E-state index in [0.717, 1.165) is 13.6 Å². The van der Waals surface area contributed by atoms with Crippen LogP contribution in [0.5, 0.6) is 0 Å². The van der Waals surface area contributed by atoms with Gasteiger partial charge in [-0.2, -0.15) is 0 Å². The van der Waals surface area contributed by atoms with Gasteiger partial charge >= 0.3 is 72.7 Å². The topological polar surface area (TPSA) is 17.1 Å². The fourth-order valence-electron chi connectivity index (χ4n) is 1.18. The Labute approximate surface area is 72.8 Å². The van der Waals surface area contributed by atoms with Gasteiger partial charge in [-0.15, -0.1) is 0 Å². The van der Waals surface area contributed by atoms with Crippen molar-refractivity contribution in [1.82, 2.24) is 0 Å². The third kappa shape index (κ3) is 1.29. The molecule has 1 nitrogen and oxygen atoms in total. The van der Waals surface area contributed by atoms with Crippen LogP contribution in [0.15, 0.2) is 30.3 Å². The van der Waals surface area contributed by atoms with Crippen molar-refractivity contribution in [2.24, 2.45) is 0 Å². The number of hydrogen-bond acceptors (Lipinski definition) is 1. The maximum absolute atomic E-state index is 11.5. The van der Waals surface area contributed by atoms with Gasteiger partial charge in [-0.3, -0.25) is 0 Å². The number of hydrogen-bond donors (Lipinski definition) is 0. The first-order valence-electron chi connectivity index (χ1n) is 3.52. The summed E-state index contributed by atoms with van der Waals surface area (Å²) in [5.41, 5.74) is 1.16. The van der Waals surface area contributed by atoms with E-state index in [1.807, 2.05) is 30.3 Å². The Morgan fingerprint density at radius 2 is 2.09 bits per heavy atom. The average molecular weight is 260 g/mol. The molecule has 1 heterocycles. The van der Waals surface area contributed by atoms with E-state index in [4.69, 9.17) is 0 Å². The second-order valence-corrected chi connectivity index (χ2v) is 6.63. The molecule has 11 heavy (non-hydrogen) atoms. The predicted octanol–water partition coefficient (Wildman–Crippen LogP) is 1.34. The molecule has 0 atom stereocenters. The Hall–Kier alpha value is -0.450. The van der Waals surface area contributed by atoms with Gasteiger partial charge < -0.3 is 0 Å². The van der Waals surface area contributed by atoms with Gasteiger partial charge in [-0.1, -0.05) is 0 Å². The first-order valence-corrected chi connectivity index (χ1v) is 7.28. The Morgan fingerprint density at radius 3 is 2.91 bits per heavy atom. The minimum absolute atomic E-state index is 0.806. The second kappa shape index (κ2) is 2.89. The van der Waals surface area contributed by atoms with Gasteiger partial charge in [0.25, 0.3) is 0 Å². The van der Waals surface area contributed by atoms with Crippen molar-refractivity contribution in [3.05, 3.63) is 35.9 Å². The molecule has 1 aromatic carbocycles. The molecule has 2 heteroatoms. The van der Waals surface area contributed by atoms with Crippen molar-refractivity contribution >= 4 is 29.2 Å². The van der Waals surface area contributed by atoms with Gasteiger partial charge in [-0.05, 0) is 0 Å². The van der Waals surface area contributed by atoms with Crippen molar-refractivity contribution in [2.45, 2.75) is 4.47 Å². The summed E-state index contributed by atoms with van der Waals surface area (Å²) in [6.45, 7) is 0. The van der Waals surface area contributed by atoms with Crippen LogP contribution in [0.1, 0.15) is 5.56 Å². The summed E-state index contributed by atoms with van der Waals surface area (Å²) in [7, 11) is 0. The Balaban J connectivity index is 2.63. The van der Waals surface area contributed by atoms with E-state index >= 15 is 0 Å². The Bertz CT molecular complexity index is 328. The first-order chi connectivity index (χ1) is 5.38. The summed E-state index contributed by atoms with van der Waals surface area (Å²) in [4.78, 5) is 0. The van der Waals surface area contributed by atoms with Crippen molar-refractivity contribution in [2.75, 3.05) is 0 Å². The van der Waals surface area contributed by atoms with E-state index in [1.54, 1.807) is 0 Å². The molecular weight excluding hydrogens is 252 g/mol. The number of fused-ring (bicyclic) bond motifs is 1. The van der Waals surface area contributed by atoms with E-state index in [-0.39, 0.29) is 0 Å². The zero-order valence-electron chi connectivity index (χ0n) is 5.99. The number of benzene rings is 1. The van der Waals surface area contributed by atoms with Crippen LogP contribution in [-0.4, -0.2) is 19.5 Å². The van der Waals surface area contributed by atoms with E-state index < -0.39 is 19.5 Å². The van der Waals surface area contributed by atoms with Gasteiger partial charge in [0.15, 0.2) is 0 Å². The molecule has 1 aliphatic heterocycles. The van der Waals surface area contributed by atoms with Crippen molar-refractivity contribution < 1.29 is 3.10 Å². The molecule has 0 aromatic heterocycles.